The van der Waals surface area contributed by atoms with Gasteiger partial charge in [0.05, 0.1) is 39.5 Å². The Hall–Kier alpha value is -4.19. The van der Waals surface area contributed by atoms with Gasteiger partial charge in [-0.3, -0.25) is 19.5 Å². The Kier molecular flexibility index (Phi) is 8.86. The highest BCUT2D eigenvalue weighted by molar-refractivity contribution is 7.07. The Morgan fingerprint density at radius 3 is 2.67 bits per heavy atom. The van der Waals surface area contributed by atoms with E-state index in [-0.39, 0.29) is 27.4 Å². The van der Waals surface area contributed by atoms with Crippen LogP contribution in [-0.2, 0) is 9.53 Å². The van der Waals surface area contributed by atoms with Gasteiger partial charge in [-0.15, -0.1) is 0 Å². The number of benzene rings is 2. The number of fused-ring (bicyclic) bond motifs is 1. The van der Waals surface area contributed by atoms with Crippen molar-refractivity contribution in [3.05, 3.63) is 111 Å². The molecule has 0 unspecified atom stereocenters. The number of allylic oxidation sites excluding steroid dienone is 1. The van der Waals surface area contributed by atoms with E-state index >= 15 is 0 Å². The molecule has 43 heavy (non-hydrogen) atoms. The second-order valence-corrected chi connectivity index (χ2v) is 11.3. The number of nitro benzene ring substituents is 1. The molecule has 0 fully saturated rings. The lowest BCUT2D eigenvalue weighted by Crippen LogP contribution is -2.40. The smallest absolute Gasteiger partial charge is 0.338 e. The van der Waals surface area contributed by atoms with Crippen molar-refractivity contribution >= 4 is 52.3 Å². The average Bonchev–Trinajstić information content (AvgIpc) is 3.56. The number of halogens is 2. The molecule has 2 aromatic carbocycles. The number of esters is 1. The van der Waals surface area contributed by atoms with Crippen molar-refractivity contribution in [1.82, 2.24) is 4.57 Å². The molecule has 3 heterocycles. The average molecular weight is 643 g/mol. The van der Waals surface area contributed by atoms with Gasteiger partial charge in [-0.05, 0) is 49.7 Å². The third kappa shape index (κ3) is 5.88. The van der Waals surface area contributed by atoms with Gasteiger partial charge in [0.25, 0.3) is 11.2 Å². The van der Waals surface area contributed by atoms with Crippen LogP contribution in [0.5, 0.6) is 5.75 Å². The maximum atomic E-state index is 14.0. The largest absolute Gasteiger partial charge is 0.496 e. The van der Waals surface area contributed by atoms with Crippen molar-refractivity contribution < 1.29 is 23.6 Å². The number of furan rings is 1. The van der Waals surface area contributed by atoms with Crippen molar-refractivity contribution in [1.29, 1.82) is 0 Å². The number of nitro groups is 1. The fraction of sp³-hybridized carbons (Fsp3) is 0.233. The molecule has 0 N–H and O–H groups in total. The van der Waals surface area contributed by atoms with E-state index in [1.807, 2.05) is 6.92 Å². The first-order valence-electron chi connectivity index (χ1n) is 13.3. The SMILES string of the molecule is CCCC1=C(C(=O)OCC)[C@H](c2cc(Cl)ccc2OC)n2c(s/c(=C/c3ccc(-c4cc([N+](=O)[O-])ccc4Cl)o3)c2=O)=N1. The highest BCUT2D eigenvalue weighted by Gasteiger charge is 2.36. The van der Waals surface area contributed by atoms with Gasteiger partial charge in [0, 0.05) is 34.4 Å². The Labute approximate surface area is 259 Å². The van der Waals surface area contributed by atoms with Crippen LogP contribution in [0, 0.1) is 10.1 Å². The maximum Gasteiger partial charge on any atom is 0.338 e. The molecule has 1 aliphatic rings. The van der Waals surface area contributed by atoms with Crippen LogP contribution in [0.1, 0.15) is 44.1 Å². The summed E-state index contributed by atoms with van der Waals surface area (Å²) < 4.78 is 18.7. The number of thiazole rings is 1. The zero-order chi connectivity index (χ0) is 30.8. The zero-order valence-corrected chi connectivity index (χ0v) is 25.6. The van der Waals surface area contributed by atoms with E-state index in [0.29, 0.717) is 56.8 Å². The standard InChI is InChI=1S/C30H25Cl2N3O7S/c1-4-6-22-26(29(37)41-5-2)27(20-13-16(31)7-11-23(20)40-3)34-28(36)25(43-30(34)33-22)15-18-9-12-24(42-18)19-14-17(35(38)39)8-10-21(19)32/h7-15,27H,4-6H2,1-3H3/b25-15+/t27-/m0/s1. The van der Waals surface area contributed by atoms with Crippen molar-refractivity contribution in [2.75, 3.05) is 13.7 Å². The molecule has 222 valence electrons. The molecule has 0 radical (unpaired) electrons. The molecule has 4 aromatic rings. The Bertz CT molecular complexity index is 1960. The van der Waals surface area contributed by atoms with Crippen LogP contribution in [-0.4, -0.2) is 29.2 Å². The first kappa shape index (κ1) is 30.3. The number of hydrogen-bond acceptors (Lipinski definition) is 9. The summed E-state index contributed by atoms with van der Waals surface area (Å²) in [5.41, 5.74) is 1.05. The van der Waals surface area contributed by atoms with Crippen LogP contribution < -0.4 is 19.6 Å². The fourth-order valence-electron chi connectivity index (χ4n) is 4.85. The molecule has 10 nitrogen and oxygen atoms in total. The molecule has 0 spiro atoms. The normalized spacial score (nSPS) is 14.8. The topological polar surface area (TPSA) is 126 Å². The molecule has 0 bridgehead atoms. The van der Waals surface area contributed by atoms with Crippen molar-refractivity contribution in [3.63, 3.8) is 0 Å². The lowest BCUT2D eigenvalue weighted by Gasteiger charge is -2.27. The van der Waals surface area contributed by atoms with Gasteiger partial charge in [0.15, 0.2) is 4.80 Å². The molecule has 0 aliphatic carbocycles. The third-order valence-electron chi connectivity index (χ3n) is 6.70. The highest BCUT2D eigenvalue weighted by Crippen LogP contribution is 2.38. The van der Waals surface area contributed by atoms with Crippen molar-refractivity contribution in [3.8, 4) is 17.1 Å². The minimum absolute atomic E-state index is 0.137. The van der Waals surface area contributed by atoms with E-state index in [1.165, 1.54) is 29.9 Å². The number of aromatic nitrogens is 1. The predicted octanol–water partition coefficient (Wildman–Crippen LogP) is 6.06. The van der Waals surface area contributed by atoms with Gasteiger partial charge in [0.2, 0.25) is 0 Å². The van der Waals surface area contributed by atoms with Gasteiger partial charge in [0.1, 0.15) is 23.3 Å². The van der Waals surface area contributed by atoms with Crippen LogP contribution in [0.2, 0.25) is 10.0 Å². The highest BCUT2D eigenvalue weighted by atomic mass is 35.5. The fourth-order valence-corrected chi connectivity index (χ4v) is 6.25. The Morgan fingerprint density at radius 2 is 1.98 bits per heavy atom. The van der Waals surface area contributed by atoms with E-state index in [1.54, 1.807) is 43.3 Å². The molecular weight excluding hydrogens is 617 g/mol. The molecule has 0 saturated heterocycles. The summed E-state index contributed by atoms with van der Waals surface area (Å²) >= 11 is 13.8. The zero-order valence-electron chi connectivity index (χ0n) is 23.3. The van der Waals surface area contributed by atoms with E-state index in [2.05, 4.69) is 0 Å². The summed E-state index contributed by atoms with van der Waals surface area (Å²) in [5.74, 6) is 0.468. The molecule has 1 atom stereocenters. The van der Waals surface area contributed by atoms with Gasteiger partial charge in [-0.1, -0.05) is 47.9 Å². The first-order valence-corrected chi connectivity index (χ1v) is 14.8. The predicted molar refractivity (Wildman–Crippen MR) is 163 cm³/mol. The lowest BCUT2D eigenvalue weighted by atomic mass is 9.93. The number of carbonyl (C=O) groups is 1. The minimum atomic E-state index is -0.913. The number of non-ortho nitro benzene ring substituents is 1. The number of carbonyl (C=O) groups excluding carboxylic acids is 1. The number of nitrogens with zero attached hydrogens (tertiary/aromatic N) is 3. The summed E-state index contributed by atoms with van der Waals surface area (Å²) in [4.78, 5) is 43.3. The Morgan fingerprint density at radius 1 is 1.19 bits per heavy atom. The number of rotatable bonds is 9. The summed E-state index contributed by atoms with van der Waals surface area (Å²) in [6.45, 7) is 3.82. The van der Waals surface area contributed by atoms with E-state index in [4.69, 9.17) is 42.1 Å². The van der Waals surface area contributed by atoms with E-state index in [0.717, 1.165) is 11.3 Å². The molecule has 2 aromatic heterocycles. The van der Waals surface area contributed by atoms with Crippen LogP contribution in [0.25, 0.3) is 17.4 Å². The molecule has 0 amide bonds. The molecule has 1 aliphatic heterocycles. The minimum Gasteiger partial charge on any atom is -0.496 e. The first-order chi connectivity index (χ1) is 20.7. The number of methoxy groups -OCH3 is 1. The lowest BCUT2D eigenvalue weighted by molar-refractivity contribution is -0.384. The third-order valence-corrected chi connectivity index (χ3v) is 8.25. The molecular formula is C30H25Cl2N3O7S. The van der Waals surface area contributed by atoms with Gasteiger partial charge < -0.3 is 13.9 Å². The van der Waals surface area contributed by atoms with Crippen LogP contribution in [0.15, 0.2) is 74.0 Å². The van der Waals surface area contributed by atoms with Crippen molar-refractivity contribution in [2.24, 2.45) is 4.99 Å². The molecule has 0 saturated carbocycles. The monoisotopic (exact) mass is 641 g/mol. The van der Waals surface area contributed by atoms with E-state index in [9.17, 15) is 19.7 Å². The van der Waals surface area contributed by atoms with Crippen LogP contribution in [0.4, 0.5) is 5.69 Å². The second-order valence-electron chi connectivity index (χ2n) is 9.42. The number of ether oxygens (including phenoxy) is 2. The summed E-state index contributed by atoms with van der Waals surface area (Å²) in [6, 6.07) is 11.4. The van der Waals surface area contributed by atoms with Crippen LogP contribution >= 0.6 is 34.5 Å². The van der Waals surface area contributed by atoms with E-state index < -0.39 is 22.5 Å². The van der Waals surface area contributed by atoms with Crippen molar-refractivity contribution in [2.45, 2.75) is 32.7 Å². The maximum absolute atomic E-state index is 14.0. The summed E-state index contributed by atoms with van der Waals surface area (Å²) in [5, 5.41) is 11.9. The summed E-state index contributed by atoms with van der Waals surface area (Å²) in [6.07, 6.45) is 2.73. The molecule has 13 heteroatoms. The van der Waals surface area contributed by atoms with Gasteiger partial charge >= 0.3 is 5.97 Å². The number of hydrogen-bond donors (Lipinski definition) is 0. The second kappa shape index (κ2) is 12.6. The van der Waals surface area contributed by atoms with Gasteiger partial charge in [-0.2, -0.15) is 0 Å². The van der Waals surface area contributed by atoms with Gasteiger partial charge in [-0.25, -0.2) is 9.79 Å². The summed E-state index contributed by atoms with van der Waals surface area (Å²) in [7, 11) is 1.50. The van der Waals surface area contributed by atoms with Crippen LogP contribution in [0.3, 0.4) is 0 Å². The Balaban J connectivity index is 1.70. The molecule has 5 rings (SSSR count). The quantitative estimate of drug-likeness (QED) is 0.123.